The van der Waals surface area contributed by atoms with E-state index in [4.69, 9.17) is 0 Å². The Balaban J connectivity index is 1.43. The summed E-state index contributed by atoms with van der Waals surface area (Å²) >= 11 is 0. The van der Waals surface area contributed by atoms with Gasteiger partial charge in [0.05, 0.1) is 5.41 Å². The van der Waals surface area contributed by atoms with Crippen LogP contribution in [0.1, 0.15) is 52.3 Å². The first-order chi connectivity index (χ1) is 30.0. The van der Waals surface area contributed by atoms with Crippen molar-refractivity contribution < 1.29 is 0 Å². The maximum atomic E-state index is 3.99. The van der Waals surface area contributed by atoms with Gasteiger partial charge in [0.2, 0.25) is 0 Å². The van der Waals surface area contributed by atoms with Crippen molar-refractivity contribution in [1.82, 2.24) is 0 Å². The Morgan fingerprint density at radius 3 is 2.00 bits per heavy atom. The Hall–Kier alpha value is -6.84. The molecule has 0 fully saturated rings. The minimum atomic E-state index is -0.682. The summed E-state index contributed by atoms with van der Waals surface area (Å²) in [6.07, 6.45) is 10.0. The zero-order valence-electron chi connectivity index (χ0n) is 35.8. The molecule has 298 valence electrons. The third kappa shape index (κ3) is 7.40. The summed E-state index contributed by atoms with van der Waals surface area (Å²) in [5, 5.41) is 10.1. The maximum Gasteiger partial charge on any atom is 0.163 e. The van der Waals surface area contributed by atoms with E-state index in [1.807, 2.05) is 7.05 Å². The number of anilines is 3. The number of aryl methyl sites for hydroxylation is 3. The Kier molecular flexibility index (Phi) is 11.3. The van der Waals surface area contributed by atoms with Gasteiger partial charge >= 0.3 is 0 Å². The van der Waals surface area contributed by atoms with Gasteiger partial charge in [-0.15, -0.1) is 0 Å². The number of hydrogen-bond acceptors (Lipinski definition) is 2. The van der Waals surface area contributed by atoms with Gasteiger partial charge in [-0.2, -0.15) is 0 Å². The molecule has 0 radical (unpaired) electrons. The van der Waals surface area contributed by atoms with Crippen LogP contribution in [0.25, 0.3) is 38.6 Å². The van der Waals surface area contributed by atoms with E-state index in [0.717, 1.165) is 43.5 Å². The molecule has 0 aromatic heterocycles. The highest BCUT2D eigenvalue weighted by molar-refractivity contribution is 6.58. The molecule has 9 rings (SSSR count). The van der Waals surface area contributed by atoms with E-state index in [1.54, 1.807) is 0 Å². The summed E-state index contributed by atoms with van der Waals surface area (Å²) in [6, 6.07) is 65.3. The number of allylic oxidation sites excluding steroid dienone is 4. The third-order valence-corrected chi connectivity index (χ3v) is 12.6. The summed E-state index contributed by atoms with van der Waals surface area (Å²) < 4.78 is 0. The van der Waals surface area contributed by atoms with Crippen LogP contribution in [-0.2, 0) is 11.8 Å². The zero-order valence-corrected chi connectivity index (χ0v) is 35.8. The van der Waals surface area contributed by atoms with Crippen LogP contribution in [0.3, 0.4) is 0 Å². The number of rotatable bonds is 11. The van der Waals surface area contributed by atoms with Crippen molar-refractivity contribution in [1.29, 1.82) is 0 Å². The van der Waals surface area contributed by atoms with Crippen LogP contribution in [-0.4, -0.2) is 14.3 Å². The van der Waals surface area contributed by atoms with Crippen molar-refractivity contribution in [3.63, 3.8) is 0 Å². The number of benzene rings is 8. The zero-order chi connectivity index (χ0) is 41.8. The van der Waals surface area contributed by atoms with Gasteiger partial charge in [0, 0.05) is 29.7 Å². The van der Waals surface area contributed by atoms with Gasteiger partial charge < -0.3 is 10.6 Å². The van der Waals surface area contributed by atoms with Gasteiger partial charge in [-0.05, 0) is 123 Å². The Morgan fingerprint density at radius 1 is 0.607 bits per heavy atom. The lowest BCUT2D eigenvalue weighted by molar-refractivity contribution is 0.803. The van der Waals surface area contributed by atoms with Crippen LogP contribution in [0.5, 0.6) is 0 Å². The maximum absolute atomic E-state index is 3.99. The molecule has 0 atom stereocenters. The Bertz CT molecular complexity index is 2850. The predicted octanol–water partition coefficient (Wildman–Crippen LogP) is 14.0. The highest BCUT2D eigenvalue weighted by atomic mass is 14.9. The summed E-state index contributed by atoms with van der Waals surface area (Å²) in [6.45, 7) is 6.68. The quantitative estimate of drug-likeness (QED) is 0.101. The van der Waals surface area contributed by atoms with E-state index in [2.05, 4.69) is 226 Å². The summed E-state index contributed by atoms with van der Waals surface area (Å²) in [5.41, 5.74) is 19.2. The molecule has 0 spiro atoms. The summed E-state index contributed by atoms with van der Waals surface area (Å²) in [7, 11) is 2.93. The average molecular weight is 789 g/mol. The molecule has 0 saturated heterocycles. The Morgan fingerprint density at radius 2 is 1.28 bits per heavy atom. The number of fused-ring (bicyclic) bond motifs is 2. The predicted molar refractivity (Wildman–Crippen MR) is 265 cm³/mol. The first kappa shape index (κ1) is 39.6. The van der Waals surface area contributed by atoms with Crippen molar-refractivity contribution in [2.75, 3.05) is 17.7 Å². The monoisotopic (exact) mass is 788 g/mol. The van der Waals surface area contributed by atoms with E-state index in [0.29, 0.717) is 0 Å². The standard InChI is InChI=1S/C58H53BN2/c1-5-20-42-38-55(61-46-34-32-40(2)33-35-46)51(39-49(42)47-27-14-12-21-41(47)3)56-48-28-15-13-22-43(48)37-50-52(29-18-19-36-59-57(50)56)58(44-23-8-6-9-24-44,45-25-10-7-11-26-45)53-30-16-17-31-54(53)60-4/h6-19,21-35,37-39,59-61H,5,20,36H2,1-4H3/b19-18-,52-29+. The van der Waals surface area contributed by atoms with Crippen molar-refractivity contribution in [2.24, 2.45) is 0 Å². The molecule has 0 unspecified atom stereocenters. The second kappa shape index (κ2) is 17.4. The lowest BCUT2D eigenvalue weighted by Crippen LogP contribution is -2.35. The molecule has 1 aliphatic rings. The molecule has 8 aromatic rings. The molecule has 3 heteroatoms. The second-order valence-electron chi connectivity index (χ2n) is 16.4. The molecule has 2 N–H and O–H groups in total. The molecule has 1 heterocycles. The molecule has 2 nitrogen and oxygen atoms in total. The molecule has 61 heavy (non-hydrogen) atoms. The van der Waals surface area contributed by atoms with E-state index >= 15 is 0 Å². The van der Waals surface area contributed by atoms with Crippen molar-refractivity contribution >= 4 is 46.2 Å². The van der Waals surface area contributed by atoms with Gasteiger partial charge in [-0.25, -0.2) is 0 Å². The van der Waals surface area contributed by atoms with Gasteiger partial charge in [-0.1, -0.05) is 188 Å². The molecule has 0 saturated carbocycles. The van der Waals surface area contributed by atoms with E-state index in [9.17, 15) is 0 Å². The fourth-order valence-corrected chi connectivity index (χ4v) is 9.79. The fraction of sp³-hybridized carbons (Fsp3) is 0.138. The molecular weight excluding hydrogens is 735 g/mol. The van der Waals surface area contributed by atoms with Crippen LogP contribution in [0.15, 0.2) is 194 Å². The SMILES string of the molecule is CCCc1cc(Nc2ccc(C)cc2)c(-c2c3c(cc4ccccc24)/C(C(c2ccccc2)(c2ccccc2)c2ccccc2NC)=C\C=C/CB3)cc1-c1ccccc1C. The summed E-state index contributed by atoms with van der Waals surface area (Å²) in [5.74, 6) is 0. The first-order valence-electron chi connectivity index (χ1n) is 21.9. The Labute approximate surface area is 363 Å². The van der Waals surface area contributed by atoms with E-state index < -0.39 is 5.41 Å². The third-order valence-electron chi connectivity index (χ3n) is 12.6. The molecule has 0 amide bonds. The van der Waals surface area contributed by atoms with E-state index in [-0.39, 0.29) is 0 Å². The normalized spacial score (nSPS) is 13.9. The highest BCUT2D eigenvalue weighted by Gasteiger charge is 2.43. The van der Waals surface area contributed by atoms with E-state index in [1.165, 1.54) is 83.0 Å². The molecule has 0 bridgehead atoms. The topological polar surface area (TPSA) is 24.1 Å². The van der Waals surface area contributed by atoms with Crippen molar-refractivity contribution in [3.05, 3.63) is 233 Å². The largest absolute Gasteiger partial charge is 0.388 e. The number of para-hydroxylation sites is 1. The lowest BCUT2D eigenvalue weighted by Gasteiger charge is -2.41. The summed E-state index contributed by atoms with van der Waals surface area (Å²) in [4.78, 5) is 0. The van der Waals surface area contributed by atoms with Crippen molar-refractivity contribution in [3.8, 4) is 22.3 Å². The van der Waals surface area contributed by atoms with Gasteiger partial charge in [0.1, 0.15) is 0 Å². The fourth-order valence-electron chi connectivity index (χ4n) is 9.79. The lowest BCUT2D eigenvalue weighted by atomic mass is 9.55. The average Bonchev–Trinajstić information content (AvgIpc) is 3.29. The van der Waals surface area contributed by atoms with Gasteiger partial charge in [0.25, 0.3) is 0 Å². The van der Waals surface area contributed by atoms with Crippen LogP contribution in [0, 0.1) is 13.8 Å². The van der Waals surface area contributed by atoms with Crippen LogP contribution in [0.4, 0.5) is 17.1 Å². The minimum Gasteiger partial charge on any atom is -0.388 e. The first-order valence-corrected chi connectivity index (χ1v) is 21.9. The molecule has 1 aliphatic heterocycles. The van der Waals surface area contributed by atoms with Crippen LogP contribution >= 0.6 is 0 Å². The molecular formula is C58H53BN2. The van der Waals surface area contributed by atoms with Gasteiger partial charge in [-0.3, -0.25) is 0 Å². The van der Waals surface area contributed by atoms with Crippen molar-refractivity contribution in [2.45, 2.75) is 45.3 Å². The minimum absolute atomic E-state index is 0.682. The number of nitrogens with one attached hydrogen (secondary N) is 2. The molecule has 8 aromatic carbocycles. The second-order valence-corrected chi connectivity index (χ2v) is 16.4. The molecule has 0 aliphatic carbocycles. The van der Waals surface area contributed by atoms with Crippen LogP contribution in [0.2, 0.25) is 6.32 Å². The highest BCUT2D eigenvalue weighted by Crippen LogP contribution is 2.53. The smallest absolute Gasteiger partial charge is 0.163 e. The number of hydrogen-bond donors (Lipinski definition) is 2. The van der Waals surface area contributed by atoms with Crippen LogP contribution < -0.4 is 16.1 Å². The van der Waals surface area contributed by atoms with Gasteiger partial charge in [0.15, 0.2) is 7.28 Å².